The molecule has 0 aromatic heterocycles. The standard InChI is InChI=1S/C6H14N2/c1-5(7)6-2-3-8-4-6/h5-6,8H,2-4,7H2,1H3. The first-order valence-electron chi connectivity index (χ1n) is 3.27. The summed E-state index contributed by atoms with van der Waals surface area (Å²) in [5.41, 5.74) is 5.66. The van der Waals surface area contributed by atoms with Crippen LogP contribution < -0.4 is 11.1 Å². The molecular weight excluding hydrogens is 100 g/mol. The maximum absolute atomic E-state index is 5.66. The molecule has 2 unspecified atom stereocenters. The second-order valence-corrected chi connectivity index (χ2v) is 2.61. The van der Waals surface area contributed by atoms with Gasteiger partial charge in [-0.3, -0.25) is 0 Å². The number of rotatable bonds is 1. The van der Waals surface area contributed by atoms with Crippen molar-refractivity contribution < 1.29 is 0 Å². The minimum absolute atomic E-state index is 0.380. The summed E-state index contributed by atoms with van der Waals surface area (Å²) in [6, 6.07) is 0.380. The van der Waals surface area contributed by atoms with E-state index in [1.807, 2.05) is 0 Å². The van der Waals surface area contributed by atoms with Gasteiger partial charge in [-0.25, -0.2) is 0 Å². The highest BCUT2D eigenvalue weighted by Crippen LogP contribution is 2.09. The summed E-state index contributed by atoms with van der Waals surface area (Å²) in [6.45, 7) is 4.36. The van der Waals surface area contributed by atoms with E-state index >= 15 is 0 Å². The molecule has 2 atom stereocenters. The van der Waals surface area contributed by atoms with E-state index in [0.717, 1.165) is 19.0 Å². The van der Waals surface area contributed by atoms with Crippen molar-refractivity contribution in [3.63, 3.8) is 0 Å². The topological polar surface area (TPSA) is 38.0 Å². The van der Waals surface area contributed by atoms with Crippen LogP contribution in [0.5, 0.6) is 0 Å². The van der Waals surface area contributed by atoms with E-state index in [1.165, 1.54) is 6.42 Å². The van der Waals surface area contributed by atoms with Crippen molar-refractivity contribution in [2.45, 2.75) is 19.4 Å². The van der Waals surface area contributed by atoms with Crippen LogP contribution in [0, 0.1) is 5.92 Å². The van der Waals surface area contributed by atoms with E-state index in [9.17, 15) is 0 Å². The highest BCUT2D eigenvalue weighted by atomic mass is 14.9. The van der Waals surface area contributed by atoms with Gasteiger partial charge >= 0.3 is 0 Å². The Morgan fingerprint density at radius 3 is 2.75 bits per heavy atom. The molecule has 1 fully saturated rings. The van der Waals surface area contributed by atoms with E-state index in [1.54, 1.807) is 0 Å². The molecule has 8 heavy (non-hydrogen) atoms. The van der Waals surface area contributed by atoms with Gasteiger partial charge < -0.3 is 11.1 Å². The summed E-state index contributed by atoms with van der Waals surface area (Å²) < 4.78 is 0. The monoisotopic (exact) mass is 114 g/mol. The molecule has 3 N–H and O–H groups in total. The molecule has 2 heteroatoms. The van der Waals surface area contributed by atoms with Gasteiger partial charge in [-0.2, -0.15) is 0 Å². The third-order valence-electron chi connectivity index (χ3n) is 1.84. The van der Waals surface area contributed by atoms with Gasteiger partial charge in [0.05, 0.1) is 0 Å². The fourth-order valence-corrected chi connectivity index (χ4v) is 1.13. The molecule has 1 rings (SSSR count). The van der Waals surface area contributed by atoms with Crippen LogP contribution >= 0.6 is 0 Å². The van der Waals surface area contributed by atoms with Crippen LogP contribution in [0.25, 0.3) is 0 Å². The quantitative estimate of drug-likeness (QED) is 0.501. The average Bonchev–Trinajstić information content (AvgIpc) is 2.12. The van der Waals surface area contributed by atoms with Crippen LogP contribution in [-0.4, -0.2) is 19.1 Å². The van der Waals surface area contributed by atoms with Crippen LogP contribution in [0.2, 0.25) is 0 Å². The number of nitrogens with two attached hydrogens (primary N) is 1. The lowest BCUT2D eigenvalue weighted by Gasteiger charge is -2.10. The number of nitrogens with one attached hydrogen (secondary N) is 1. The Labute approximate surface area is 50.4 Å². The van der Waals surface area contributed by atoms with Gasteiger partial charge in [-0.15, -0.1) is 0 Å². The molecule has 1 heterocycles. The third-order valence-corrected chi connectivity index (χ3v) is 1.84. The Bertz CT molecular complexity index is 64.9. The zero-order valence-electron chi connectivity index (χ0n) is 5.35. The molecular formula is C6H14N2. The fraction of sp³-hybridized carbons (Fsp3) is 1.00. The molecule has 0 aliphatic carbocycles. The van der Waals surface area contributed by atoms with Crippen LogP contribution in [0.15, 0.2) is 0 Å². The molecule has 0 saturated carbocycles. The van der Waals surface area contributed by atoms with Crippen molar-refractivity contribution in [1.82, 2.24) is 5.32 Å². The van der Waals surface area contributed by atoms with Crippen LogP contribution in [0.1, 0.15) is 13.3 Å². The summed E-state index contributed by atoms with van der Waals surface area (Å²) in [6.07, 6.45) is 1.26. The van der Waals surface area contributed by atoms with Gasteiger partial charge in [0.2, 0.25) is 0 Å². The Morgan fingerprint density at radius 1 is 1.75 bits per heavy atom. The molecule has 0 aromatic rings. The van der Waals surface area contributed by atoms with Crippen molar-refractivity contribution >= 4 is 0 Å². The van der Waals surface area contributed by atoms with Gasteiger partial charge in [-0.1, -0.05) is 0 Å². The summed E-state index contributed by atoms with van der Waals surface area (Å²) in [5.74, 6) is 0.731. The van der Waals surface area contributed by atoms with Gasteiger partial charge in [0.1, 0.15) is 0 Å². The molecule has 1 aliphatic heterocycles. The Hall–Kier alpha value is -0.0800. The van der Waals surface area contributed by atoms with Crippen LogP contribution in [0.3, 0.4) is 0 Å². The first-order chi connectivity index (χ1) is 3.80. The van der Waals surface area contributed by atoms with E-state index in [0.29, 0.717) is 6.04 Å². The fourth-order valence-electron chi connectivity index (χ4n) is 1.13. The normalized spacial score (nSPS) is 33.0. The third kappa shape index (κ3) is 1.20. The molecule has 0 amide bonds. The van der Waals surface area contributed by atoms with Crippen molar-refractivity contribution in [1.29, 1.82) is 0 Å². The zero-order chi connectivity index (χ0) is 5.98. The van der Waals surface area contributed by atoms with Gasteiger partial charge in [-0.05, 0) is 32.4 Å². The van der Waals surface area contributed by atoms with E-state index < -0.39 is 0 Å². The highest BCUT2D eigenvalue weighted by molar-refractivity contribution is 4.77. The minimum atomic E-state index is 0.380. The largest absolute Gasteiger partial charge is 0.328 e. The molecule has 0 aromatic carbocycles. The van der Waals surface area contributed by atoms with Crippen LogP contribution in [-0.2, 0) is 0 Å². The van der Waals surface area contributed by atoms with Crippen molar-refractivity contribution in [2.75, 3.05) is 13.1 Å². The highest BCUT2D eigenvalue weighted by Gasteiger charge is 2.17. The molecule has 2 nitrogen and oxygen atoms in total. The lowest BCUT2D eigenvalue weighted by atomic mass is 10.0. The van der Waals surface area contributed by atoms with Gasteiger partial charge in [0, 0.05) is 6.04 Å². The van der Waals surface area contributed by atoms with Crippen molar-refractivity contribution in [2.24, 2.45) is 11.7 Å². The molecule has 0 spiro atoms. The molecule has 48 valence electrons. The van der Waals surface area contributed by atoms with Crippen LogP contribution in [0.4, 0.5) is 0 Å². The average molecular weight is 114 g/mol. The Balaban J connectivity index is 2.24. The maximum atomic E-state index is 5.66. The molecule has 1 saturated heterocycles. The lowest BCUT2D eigenvalue weighted by molar-refractivity contribution is 0.484. The zero-order valence-corrected chi connectivity index (χ0v) is 5.35. The second-order valence-electron chi connectivity index (χ2n) is 2.61. The van der Waals surface area contributed by atoms with Gasteiger partial charge in [0.25, 0.3) is 0 Å². The summed E-state index contributed by atoms with van der Waals surface area (Å²) in [7, 11) is 0. The molecule has 1 aliphatic rings. The van der Waals surface area contributed by atoms with Crippen molar-refractivity contribution in [3.05, 3.63) is 0 Å². The van der Waals surface area contributed by atoms with Gasteiger partial charge in [0.15, 0.2) is 0 Å². The summed E-state index contributed by atoms with van der Waals surface area (Å²) in [5, 5.41) is 3.27. The first-order valence-corrected chi connectivity index (χ1v) is 3.27. The number of hydrogen-bond donors (Lipinski definition) is 2. The smallest absolute Gasteiger partial charge is 0.00513 e. The summed E-state index contributed by atoms with van der Waals surface area (Å²) in [4.78, 5) is 0. The molecule has 0 bridgehead atoms. The Morgan fingerprint density at radius 2 is 2.50 bits per heavy atom. The van der Waals surface area contributed by atoms with Crippen molar-refractivity contribution in [3.8, 4) is 0 Å². The SMILES string of the molecule is CC(N)C1CCNC1. The van der Waals surface area contributed by atoms with E-state index in [4.69, 9.17) is 5.73 Å². The molecule has 0 radical (unpaired) electrons. The minimum Gasteiger partial charge on any atom is -0.328 e. The second kappa shape index (κ2) is 2.46. The first kappa shape index (κ1) is 6.05. The Kier molecular flexibility index (Phi) is 1.86. The van der Waals surface area contributed by atoms with E-state index in [2.05, 4.69) is 12.2 Å². The predicted molar refractivity (Wildman–Crippen MR) is 34.6 cm³/mol. The van der Waals surface area contributed by atoms with E-state index in [-0.39, 0.29) is 0 Å². The maximum Gasteiger partial charge on any atom is 0.00513 e. The number of hydrogen-bond acceptors (Lipinski definition) is 2. The predicted octanol–water partition coefficient (Wildman–Crippen LogP) is -0.0569. The summed E-state index contributed by atoms with van der Waals surface area (Å²) >= 11 is 0. The lowest BCUT2D eigenvalue weighted by Crippen LogP contribution is -2.27.